The summed E-state index contributed by atoms with van der Waals surface area (Å²) in [6.07, 6.45) is 5.88. The Kier molecular flexibility index (Phi) is 4.30. The molecule has 0 aliphatic rings. The van der Waals surface area contributed by atoms with E-state index in [9.17, 15) is 10.1 Å². The standard InChI is InChI=1S/C14H17N3O2/c15-8-5-13-7-10-16(11-13)9-6-12-1-3-14(4-2-12)17(18)19/h1-4,7,10-11H,5-6,8-9,15H2. The molecule has 0 aliphatic heterocycles. The number of aromatic nitrogens is 1. The van der Waals surface area contributed by atoms with Crippen LogP contribution in [-0.4, -0.2) is 16.0 Å². The smallest absolute Gasteiger partial charge is 0.269 e. The zero-order valence-electron chi connectivity index (χ0n) is 10.7. The summed E-state index contributed by atoms with van der Waals surface area (Å²) in [5, 5.41) is 10.5. The third-order valence-corrected chi connectivity index (χ3v) is 3.05. The fourth-order valence-electron chi connectivity index (χ4n) is 1.99. The summed E-state index contributed by atoms with van der Waals surface area (Å²) < 4.78 is 2.12. The number of nitrogens with two attached hydrogens (primary N) is 1. The van der Waals surface area contributed by atoms with Crippen LogP contribution in [0.2, 0.25) is 0 Å². The Hall–Kier alpha value is -2.14. The summed E-state index contributed by atoms with van der Waals surface area (Å²) in [5.41, 5.74) is 7.98. The lowest BCUT2D eigenvalue weighted by Crippen LogP contribution is -2.02. The Morgan fingerprint density at radius 1 is 1.11 bits per heavy atom. The van der Waals surface area contributed by atoms with E-state index in [1.807, 2.05) is 18.3 Å². The predicted octanol–water partition coefficient (Wildman–Crippen LogP) is 2.14. The van der Waals surface area contributed by atoms with Gasteiger partial charge >= 0.3 is 0 Å². The Morgan fingerprint density at radius 3 is 2.47 bits per heavy atom. The molecule has 2 rings (SSSR count). The molecular weight excluding hydrogens is 242 g/mol. The highest BCUT2D eigenvalue weighted by Gasteiger charge is 2.04. The van der Waals surface area contributed by atoms with E-state index < -0.39 is 0 Å². The maximum absolute atomic E-state index is 10.5. The quantitative estimate of drug-likeness (QED) is 0.638. The molecule has 100 valence electrons. The lowest BCUT2D eigenvalue weighted by molar-refractivity contribution is -0.384. The van der Waals surface area contributed by atoms with E-state index in [2.05, 4.69) is 16.8 Å². The molecule has 19 heavy (non-hydrogen) atoms. The van der Waals surface area contributed by atoms with Crippen molar-refractivity contribution in [3.8, 4) is 0 Å². The van der Waals surface area contributed by atoms with Gasteiger partial charge in [0.15, 0.2) is 0 Å². The molecule has 5 heteroatoms. The van der Waals surface area contributed by atoms with Crippen LogP contribution in [0.3, 0.4) is 0 Å². The van der Waals surface area contributed by atoms with Gasteiger partial charge in [-0.15, -0.1) is 0 Å². The third-order valence-electron chi connectivity index (χ3n) is 3.05. The molecule has 0 amide bonds. The minimum absolute atomic E-state index is 0.134. The molecule has 5 nitrogen and oxygen atoms in total. The minimum atomic E-state index is -0.380. The average Bonchev–Trinajstić information content (AvgIpc) is 2.85. The largest absolute Gasteiger partial charge is 0.354 e. The molecule has 2 N–H and O–H groups in total. The van der Waals surface area contributed by atoms with Gasteiger partial charge in [0.25, 0.3) is 5.69 Å². The zero-order chi connectivity index (χ0) is 13.7. The van der Waals surface area contributed by atoms with Gasteiger partial charge < -0.3 is 10.3 Å². The highest BCUT2D eigenvalue weighted by atomic mass is 16.6. The minimum Gasteiger partial charge on any atom is -0.354 e. The molecule has 0 saturated heterocycles. The lowest BCUT2D eigenvalue weighted by atomic mass is 10.1. The number of nitro groups is 1. The predicted molar refractivity (Wildman–Crippen MR) is 74.0 cm³/mol. The monoisotopic (exact) mass is 259 g/mol. The van der Waals surface area contributed by atoms with Crippen molar-refractivity contribution in [2.45, 2.75) is 19.4 Å². The molecule has 0 bridgehead atoms. The van der Waals surface area contributed by atoms with Crippen molar-refractivity contribution >= 4 is 5.69 Å². The van der Waals surface area contributed by atoms with E-state index in [1.54, 1.807) is 12.1 Å². The normalized spacial score (nSPS) is 10.6. The number of nitro benzene ring substituents is 1. The molecule has 0 aliphatic carbocycles. The van der Waals surface area contributed by atoms with E-state index in [0.717, 1.165) is 24.9 Å². The summed E-state index contributed by atoms with van der Waals surface area (Å²) in [6, 6.07) is 8.78. The molecule has 0 saturated carbocycles. The first-order valence-corrected chi connectivity index (χ1v) is 6.27. The third kappa shape index (κ3) is 3.66. The molecule has 2 aromatic rings. The van der Waals surface area contributed by atoms with Crippen LogP contribution in [0.1, 0.15) is 11.1 Å². The first-order valence-electron chi connectivity index (χ1n) is 6.27. The van der Waals surface area contributed by atoms with Crippen LogP contribution in [0, 0.1) is 10.1 Å². The van der Waals surface area contributed by atoms with E-state index in [1.165, 1.54) is 5.56 Å². The van der Waals surface area contributed by atoms with Crippen LogP contribution in [0.15, 0.2) is 42.7 Å². The van der Waals surface area contributed by atoms with Gasteiger partial charge in [-0.1, -0.05) is 12.1 Å². The van der Waals surface area contributed by atoms with Gasteiger partial charge in [0, 0.05) is 31.1 Å². The van der Waals surface area contributed by atoms with E-state index in [-0.39, 0.29) is 10.6 Å². The second kappa shape index (κ2) is 6.15. The maximum Gasteiger partial charge on any atom is 0.269 e. The molecule has 0 atom stereocenters. The van der Waals surface area contributed by atoms with E-state index >= 15 is 0 Å². The SMILES string of the molecule is NCCc1ccn(CCc2ccc([N+](=O)[O-])cc2)c1. The highest BCUT2D eigenvalue weighted by molar-refractivity contribution is 5.32. The van der Waals surface area contributed by atoms with Crippen molar-refractivity contribution in [3.05, 3.63) is 64.0 Å². The van der Waals surface area contributed by atoms with Gasteiger partial charge in [-0.3, -0.25) is 10.1 Å². The summed E-state index contributed by atoms with van der Waals surface area (Å²) >= 11 is 0. The number of nitrogens with zero attached hydrogens (tertiary/aromatic N) is 2. The number of aryl methyl sites for hydroxylation is 2. The van der Waals surface area contributed by atoms with Gasteiger partial charge in [0.1, 0.15) is 0 Å². The van der Waals surface area contributed by atoms with E-state index in [0.29, 0.717) is 6.54 Å². The topological polar surface area (TPSA) is 74.1 Å². The van der Waals surface area contributed by atoms with Gasteiger partial charge in [-0.2, -0.15) is 0 Å². The summed E-state index contributed by atoms with van der Waals surface area (Å²) in [6.45, 7) is 1.52. The molecule has 0 unspecified atom stereocenters. The summed E-state index contributed by atoms with van der Waals surface area (Å²) in [7, 11) is 0. The van der Waals surface area contributed by atoms with Gasteiger partial charge in [0.2, 0.25) is 0 Å². The molecule has 0 radical (unpaired) electrons. The van der Waals surface area contributed by atoms with Gasteiger partial charge in [-0.25, -0.2) is 0 Å². The van der Waals surface area contributed by atoms with Crippen LogP contribution < -0.4 is 5.73 Å². The second-order valence-corrected chi connectivity index (χ2v) is 4.47. The fourth-order valence-corrected chi connectivity index (χ4v) is 1.99. The van der Waals surface area contributed by atoms with Crippen LogP contribution >= 0.6 is 0 Å². The van der Waals surface area contributed by atoms with Crippen molar-refractivity contribution in [1.29, 1.82) is 0 Å². The molecule has 1 aromatic heterocycles. The molecule has 1 heterocycles. The van der Waals surface area contributed by atoms with Crippen molar-refractivity contribution < 1.29 is 4.92 Å². The fraction of sp³-hybridized carbons (Fsp3) is 0.286. The first-order chi connectivity index (χ1) is 9.19. The number of rotatable bonds is 6. The van der Waals surface area contributed by atoms with Crippen LogP contribution in [0.4, 0.5) is 5.69 Å². The number of hydrogen-bond donors (Lipinski definition) is 1. The molecule has 0 fully saturated rings. The number of benzene rings is 1. The molecular formula is C14H17N3O2. The van der Waals surface area contributed by atoms with E-state index in [4.69, 9.17) is 5.73 Å². The first kappa shape index (κ1) is 13.3. The van der Waals surface area contributed by atoms with Crippen molar-refractivity contribution in [2.24, 2.45) is 5.73 Å². The van der Waals surface area contributed by atoms with Crippen LogP contribution in [0.25, 0.3) is 0 Å². The van der Waals surface area contributed by atoms with Gasteiger partial charge in [-0.05, 0) is 36.6 Å². The number of hydrogen-bond acceptors (Lipinski definition) is 3. The second-order valence-electron chi connectivity index (χ2n) is 4.47. The van der Waals surface area contributed by atoms with Crippen LogP contribution in [0.5, 0.6) is 0 Å². The Labute approximate surface area is 111 Å². The Balaban J connectivity index is 1.92. The zero-order valence-corrected chi connectivity index (χ0v) is 10.7. The summed E-state index contributed by atoms with van der Waals surface area (Å²) in [4.78, 5) is 10.2. The molecule has 0 spiro atoms. The maximum atomic E-state index is 10.5. The molecule has 1 aromatic carbocycles. The lowest BCUT2D eigenvalue weighted by Gasteiger charge is -2.03. The van der Waals surface area contributed by atoms with Crippen molar-refractivity contribution in [2.75, 3.05) is 6.54 Å². The Morgan fingerprint density at radius 2 is 1.84 bits per heavy atom. The van der Waals surface area contributed by atoms with Crippen molar-refractivity contribution in [1.82, 2.24) is 4.57 Å². The summed E-state index contributed by atoms with van der Waals surface area (Å²) in [5.74, 6) is 0. The van der Waals surface area contributed by atoms with Crippen LogP contribution in [-0.2, 0) is 19.4 Å². The van der Waals surface area contributed by atoms with Gasteiger partial charge in [0.05, 0.1) is 4.92 Å². The Bertz CT molecular complexity index is 546. The number of non-ortho nitro benzene ring substituents is 1. The highest BCUT2D eigenvalue weighted by Crippen LogP contribution is 2.13. The average molecular weight is 259 g/mol. The van der Waals surface area contributed by atoms with Crippen molar-refractivity contribution in [3.63, 3.8) is 0 Å².